The highest BCUT2D eigenvalue weighted by atomic mass is 35.5. The molecular weight excluding hydrogens is 497 g/mol. The van der Waals surface area contributed by atoms with E-state index in [-0.39, 0.29) is 23.8 Å². The van der Waals surface area contributed by atoms with Crippen LogP contribution in [0, 0.1) is 5.82 Å². The molecule has 3 aromatic rings. The number of rotatable bonds is 8. The van der Waals surface area contributed by atoms with Crippen LogP contribution in [0.1, 0.15) is 37.1 Å². The molecule has 0 radical (unpaired) electrons. The van der Waals surface area contributed by atoms with Crippen molar-refractivity contribution in [3.8, 4) is 11.5 Å². The van der Waals surface area contributed by atoms with Crippen LogP contribution in [-0.2, 0) is 32.5 Å². The largest absolute Gasteiger partial charge is 0.465 e. The molecule has 1 heterocycles. The Morgan fingerprint density at radius 3 is 2.69 bits per heavy atom. The number of hydrogen-bond acceptors (Lipinski definition) is 6. The molecule has 1 atom stereocenters. The first-order valence-electron chi connectivity index (χ1n) is 11.1. The smallest absolute Gasteiger partial charge is 0.327 e. The quantitative estimate of drug-likeness (QED) is 0.398. The summed E-state index contributed by atoms with van der Waals surface area (Å²) in [5.74, 6) is -0.941. The summed E-state index contributed by atoms with van der Waals surface area (Å²) in [7, 11) is -2.56. The number of fused-ring (bicyclic) bond motifs is 1. The van der Waals surface area contributed by atoms with Crippen LogP contribution in [0.15, 0.2) is 53.6 Å². The molecule has 0 saturated heterocycles. The Bertz CT molecular complexity index is 1330. The van der Waals surface area contributed by atoms with Crippen LogP contribution in [0.3, 0.4) is 0 Å². The first-order valence-corrected chi connectivity index (χ1v) is 12.9. The number of nitrogens with zero attached hydrogens (tertiary/aromatic N) is 3. The Balaban J connectivity index is 1.56. The van der Waals surface area contributed by atoms with Crippen molar-refractivity contribution in [3.63, 3.8) is 0 Å². The molecule has 186 valence electrons. The molecule has 1 aromatic heterocycles. The van der Waals surface area contributed by atoms with Gasteiger partial charge in [0.25, 0.3) is 0 Å². The standard InChI is InChI=1S/C24H25ClFN3O5S/c1-3-33-24(30)15-29-22-6-4-5-21(19(22)14-27-29)28(2)35(31,32)18-11-12-23(20(26)13-18)34-17-9-7-16(25)8-10-17/h7-14,21H,3-6,15H2,1-2H3/t21-/m1/s1. The van der Waals surface area contributed by atoms with Gasteiger partial charge in [-0.1, -0.05) is 11.6 Å². The highest BCUT2D eigenvalue weighted by Crippen LogP contribution is 2.37. The fourth-order valence-electron chi connectivity index (χ4n) is 4.13. The summed E-state index contributed by atoms with van der Waals surface area (Å²) in [5, 5.41) is 4.80. The topological polar surface area (TPSA) is 90.7 Å². The molecule has 0 unspecified atom stereocenters. The lowest BCUT2D eigenvalue weighted by Gasteiger charge is -2.31. The van der Waals surface area contributed by atoms with E-state index < -0.39 is 27.9 Å². The minimum Gasteiger partial charge on any atom is -0.465 e. The van der Waals surface area contributed by atoms with Crippen molar-refractivity contribution < 1.29 is 27.1 Å². The summed E-state index contributed by atoms with van der Waals surface area (Å²) in [6.45, 7) is 1.96. The van der Waals surface area contributed by atoms with Crippen LogP contribution < -0.4 is 4.74 Å². The van der Waals surface area contributed by atoms with E-state index >= 15 is 0 Å². The molecule has 8 nitrogen and oxygen atoms in total. The Kier molecular flexibility index (Phi) is 7.44. The van der Waals surface area contributed by atoms with Crippen molar-refractivity contribution in [2.75, 3.05) is 13.7 Å². The summed E-state index contributed by atoms with van der Waals surface area (Å²) >= 11 is 5.85. The first kappa shape index (κ1) is 25.2. The Labute approximate surface area is 208 Å². The van der Waals surface area contributed by atoms with E-state index in [2.05, 4.69) is 5.10 Å². The molecule has 0 saturated carbocycles. The zero-order valence-electron chi connectivity index (χ0n) is 19.3. The van der Waals surface area contributed by atoms with Gasteiger partial charge in [0.1, 0.15) is 12.3 Å². The molecule has 0 spiro atoms. The Morgan fingerprint density at radius 1 is 1.26 bits per heavy atom. The van der Waals surface area contributed by atoms with Crippen molar-refractivity contribution in [2.24, 2.45) is 0 Å². The van der Waals surface area contributed by atoms with Crippen LogP contribution in [0.2, 0.25) is 5.02 Å². The average Bonchev–Trinajstić information content (AvgIpc) is 3.24. The average molecular weight is 522 g/mol. The lowest BCUT2D eigenvalue weighted by molar-refractivity contribution is -0.144. The van der Waals surface area contributed by atoms with Crippen LogP contribution in [-0.4, -0.2) is 42.1 Å². The third-order valence-corrected chi connectivity index (χ3v) is 7.99. The minimum atomic E-state index is -4.03. The molecule has 35 heavy (non-hydrogen) atoms. The number of sulfonamides is 1. The van der Waals surface area contributed by atoms with E-state index in [1.165, 1.54) is 23.5 Å². The lowest BCUT2D eigenvalue weighted by Crippen LogP contribution is -2.33. The number of carbonyl (C=O) groups is 1. The number of halogens is 2. The molecular formula is C24H25ClFN3O5S. The summed E-state index contributed by atoms with van der Waals surface area (Å²) in [5.41, 5.74) is 1.53. The van der Waals surface area contributed by atoms with Gasteiger partial charge in [-0.25, -0.2) is 12.8 Å². The van der Waals surface area contributed by atoms with Gasteiger partial charge in [0.2, 0.25) is 10.0 Å². The van der Waals surface area contributed by atoms with Gasteiger partial charge in [-0.15, -0.1) is 0 Å². The molecule has 0 amide bonds. The van der Waals surface area contributed by atoms with Gasteiger partial charge in [-0.3, -0.25) is 9.48 Å². The van der Waals surface area contributed by atoms with Crippen molar-refractivity contribution in [3.05, 3.63) is 70.8 Å². The van der Waals surface area contributed by atoms with Gasteiger partial charge >= 0.3 is 5.97 Å². The fraction of sp³-hybridized carbons (Fsp3) is 0.333. The van der Waals surface area contributed by atoms with Crippen LogP contribution >= 0.6 is 11.6 Å². The van der Waals surface area contributed by atoms with Crippen LogP contribution in [0.4, 0.5) is 4.39 Å². The summed E-state index contributed by atoms with van der Waals surface area (Å²) in [6, 6.07) is 9.44. The highest BCUT2D eigenvalue weighted by molar-refractivity contribution is 7.89. The minimum absolute atomic E-state index is 0.0351. The van der Waals surface area contributed by atoms with Gasteiger partial charge in [-0.05, 0) is 68.7 Å². The van der Waals surface area contributed by atoms with E-state index in [1.54, 1.807) is 42.1 Å². The molecule has 0 aliphatic heterocycles. The zero-order valence-corrected chi connectivity index (χ0v) is 20.9. The molecule has 0 N–H and O–H groups in total. The van der Waals surface area contributed by atoms with Crippen LogP contribution in [0.5, 0.6) is 11.5 Å². The normalized spacial score (nSPS) is 15.6. The molecule has 1 aliphatic carbocycles. The predicted octanol–water partition coefficient (Wildman–Crippen LogP) is 4.73. The molecule has 1 aliphatic rings. The number of benzene rings is 2. The second-order valence-electron chi connectivity index (χ2n) is 8.09. The number of carbonyl (C=O) groups excluding carboxylic acids is 1. The van der Waals surface area contributed by atoms with E-state index in [0.717, 1.165) is 17.3 Å². The van der Waals surface area contributed by atoms with Crippen molar-refractivity contribution >= 4 is 27.6 Å². The predicted molar refractivity (Wildman–Crippen MR) is 127 cm³/mol. The number of esters is 1. The fourth-order valence-corrected chi connectivity index (χ4v) is 5.63. The van der Waals surface area contributed by atoms with E-state index in [4.69, 9.17) is 21.1 Å². The SMILES string of the molecule is CCOC(=O)Cn1ncc2c1CCC[C@H]2N(C)S(=O)(=O)c1ccc(Oc2ccc(Cl)cc2)c(F)c1. The van der Waals surface area contributed by atoms with Gasteiger partial charge in [0.15, 0.2) is 11.6 Å². The van der Waals surface area contributed by atoms with Gasteiger partial charge in [-0.2, -0.15) is 9.40 Å². The summed E-state index contributed by atoms with van der Waals surface area (Å²) < 4.78 is 54.8. The molecule has 4 rings (SSSR count). The summed E-state index contributed by atoms with van der Waals surface area (Å²) in [6.07, 6.45) is 3.56. The summed E-state index contributed by atoms with van der Waals surface area (Å²) in [4.78, 5) is 11.7. The zero-order chi connectivity index (χ0) is 25.2. The third kappa shape index (κ3) is 5.34. The van der Waals surface area contributed by atoms with Gasteiger partial charge < -0.3 is 9.47 Å². The third-order valence-electron chi connectivity index (χ3n) is 5.88. The molecule has 0 bridgehead atoms. The van der Waals surface area contributed by atoms with Crippen molar-refractivity contribution in [1.29, 1.82) is 0 Å². The van der Waals surface area contributed by atoms with E-state index in [0.29, 0.717) is 30.0 Å². The maximum Gasteiger partial charge on any atom is 0.327 e. The number of hydrogen-bond donors (Lipinski definition) is 0. The molecule has 11 heteroatoms. The van der Waals surface area contributed by atoms with E-state index in [9.17, 15) is 17.6 Å². The second-order valence-corrected chi connectivity index (χ2v) is 10.5. The van der Waals surface area contributed by atoms with Crippen molar-refractivity contribution in [1.82, 2.24) is 14.1 Å². The monoisotopic (exact) mass is 521 g/mol. The van der Waals surface area contributed by atoms with Gasteiger partial charge in [0.05, 0.1) is 23.7 Å². The van der Waals surface area contributed by atoms with Crippen molar-refractivity contribution in [2.45, 2.75) is 43.7 Å². The molecule has 2 aromatic carbocycles. The highest BCUT2D eigenvalue weighted by Gasteiger charge is 2.34. The lowest BCUT2D eigenvalue weighted by atomic mass is 9.93. The first-order chi connectivity index (χ1) is 16.7. The number of ether oxygens (including phenoxy) is 2. The maximum atomic E-state index is 14.8. The number of aromatic nitrogens is 2. The maximum absolute atomic E-state index is 14.8. The van der Waals surface area contributed by atoms with E-state index in [1.807, 2.05) is 0 Å². The van der Waals surface area contributed by atoms with Gasteiger partial charge in [0, 0.05) is 23.3 Å². The molecule has 0 fully saturated rings. The second kappa shape index (κ2) is 10.3. The Hall–Kier alpha value is -2.95. The van der Waals surface area contributed by atoms with Crippen LogP contribution in [0.25, 0.3) is 0 Å². The Morgan fingerprint density at radius 2 is 2.00 bits per heavy atom.